The molecule has 2 amide bonds. The molecule has 2 aromatic heterocycles. The number of halogens is 1. The molecule has 1 aliphatic heterocycles. The molecule has 0 saturated heterocycles. The van der Waals surface area contributed by atoms with E-state index in [1.54, 1.807) is 6.20 Å². The van der Waals surface area contributed by atoms with Gasteiger partial charge in [0.2, 0.25) is 0 Å². The maximum absolute atomic E-state index is 13.3. The summed E-state index contributed by atoms with van der Waals surface area (Å²) in [6.45, 7) is 6.36. The van der Waals surface area contributed by atoms with Gasteiger partial charge in [-0.05, 0) is 61.0 Å². The van der Waals surface area contributed by atoms with E-state index in [1.165, 1.54) is 0 Å². The molecule has 1 aromatic carbocycles. The molecule has 0 radical (unpaired) electrons. The van der Waals surface area contributed by atoms with Gasteiger partial charge in [0, 0.05) is 41.6 Å². The Hall–Kier alpha value is -3.13. The van der Waals surface area contributed by atoms with Crippen LogP contribution in [-0.4, -0.2) is 38.1 Å². The monoisotopic (exact) mass is 482 g/mol. The van der Waals surface area contributed by atoms with Crippen LogP contribution in [0.3, 0.4) is 0 Å². The van der Waals surface area contributed by atoms with Crippen LogP contribution in [0, 0.1) is 0 Å². The van der Waals surface area contributed by atoms with Crippen LogP contribution >= 0.6 is 15.9 Å². The van der Waals surface area contributed by atoms with E-state index in [4.69, 9.17) is 0 Å². The van der Waals surface area contributed by atoms with Crippen molar-refractivity contribution in [3.05, 3.63) is 64.5 Å². The second-order valence-corrected chi connectivity index (χ2v) is 9.21. The zero-order chi connectivity index (χ0) is 22.3. The number of fused-ring (bicyclic) bond motifs is 1. The molecule has 3 heterocycles. The number of nitrogens with zero attached hydrogens (tertiary/aromatic N) is 3. The topological polar surface area (TPSA) is 87.5 Å². The van der Waals surface area contributed by atoms with Gasteiger partial charge in [-0.25, -0.2) is 14.7 Å². The van der Waals surface area contributed by atoms with Crippen molar-refractivity contribution < 1.29 is 14.7 Å². The predicted molar refractivity (Wildman–Crippen MR) is 123 cm³/mol. The maximum atomic E-state index is 13.3. The molecular formula is C23H23BrN4O3. The summed E-state index contributed by atoms with van der Waals surface area (Å²) in [4.78, 5) is 30.2. The smallest absolute Gasteiger partial charge is 0.414 e. The molecular weight excluding hydrogens is 460 g/mol. The largest absolute Gasteiger partial charge is 0.465 e. The van der Waals surface area contributed by atoms with Crippen molar-refractivity contribution in [3.63, 3.8) is 0 Å². The summed E-state index contributed by atoms with van der Waals surface area (Å²) in [6.07, 6.45) is 0.911. The molecule has 2 N–H and O–H groups in total. The third-order valence-corrected chi connectivity index (χ3v) is 5.68. The minimum atomic E-state index is -1.24. The zero-order valence-corrected chi connectivity index (χ0v) is 19.1. The van der Waals surface area contributed by atoms with Gasteiger partial charge in [0.05, 0.1) is 16.9 Å². The molecule has 0 saturated carbocycles. The van der Waals surface area contributed by atoms with Gasteiger partial charge in [-0.1, -0.05) is 18.2 Å². The quantitative estimate of drug-likeness (QED) is 0.482. The van der Waals surface area contributed by atoms with Gasteiger partial charge in [0.15, 0.2) is 0 Å². The number of carbonyl (C=O) groups excluding carboxylic acids is 1. The Morgan fingerprint density at radius 2 is 1.90 bits per heavy atom. The number of aromatic nitrogens is 2. The van der Waals surface area contributed by atoms with Crippen LogP contribution in [0.4, 0.5) is 16.2 Å². The molecule has 0 unspecified atom stereocenters. The Morgan fingerprint density at radius 1 is 1.19 bits per heavy atom. The number of imide groups is 1. The van der Waals surface area contributed by atoms with E-state index in [9.17, 15) is 14.7 Å². The second kappa shape index (κ2) is 7.85. The van der Waals surface area contributed by atoms with E-state index >= 15 is 0 Å². The average Bonchev–Trinajstić information content (AvgIpc) is 3.04. The van der Waals surface area contributed by atoms with Crippen molar-refractivity contribution in [2.24, 2.45) is 0 Å². The summed E-state index contributed by atoms with van der Waals surface area (Å²) < 4.78 is 2.82. The van der Waals surface area contributed by atoms with E-state index in [2.05, 4.69) is 51.6 Å². The van der Waals surface area contributed by atoms with Crippen LogP contribution in [0.5, 0.6) is 0 Å². The van der Waals surface area contributed by atoms with Crippen molar-refractivity contribution in [2.45, 2.75) is 32.7 Å². The van der Waals surface area contributed by atoms with E-state index in [-0.39, 0.29) is 12.1 Å². The van der Waals surface area contributed by atoms with Gasteiger partial charge >= 0.3 is 6.09 Å². The van der Waals surface area contributed by atoms with Gasteiger partial charge in [-0.15, -0.1) is 0 Å². The molecule has 0 atom stereocenters. The van der Waals surface area contributed by atoms with Crippen molar-refractivity contribution in [2.75, 3.05) is 11.9 Å². The normalized spacial score (nSPS) is 13.8. The second-order valence-electron chi connectivity index (χ2n) is 8.40. The summed E-state index contributed by atoms with van der Waals surface area (Å²) in [7, 11) is 0. The third kappa shape index (κ3) is 3.83. The Bertz CT molecular complexity index is 1170. The van der Waals surface area contributed by atoms with Crippen molar-refractivity contribution in [1.29, 1.82) is 0 Å². The molecule has 0 fully saturated rings. The number of pyridine rings is 1. The average molecular weight is 483 g/mol. The van der Waals surface area contributed by atoms with Crippen molar-refractivity contribution >= 4 is 39.3 Å². The molecule has 0 aliphatic carbocycles. The van der Waals surface area contributed by atoms with Crippen LogP contribution in [0.2, 0.25) is 0 Å². The lowest BCUT2D eigenvalue weighted by atomic mass is 10.0. The highest BCUT2D eigenvalue weighted by Crippen LogP contribution is 2.44. The molecule has 3 aromatic rings. The number of amides is 2. The van der Waals surface area contributed by atoms with Crippen LogP contribution in [0.25, 0.3) is 11.3 Å². The molecule has 0 spiro atoms. The number of anilines is 2. The number of nitrogens with one attached hydrogen (secondary N) is 1. The van der Waals surface area contributed by atoms with Gasteiger partial charge in [0.1, 0.15) is 4.60 Å². The standard InChI is InChI=1S/C23H23BrN4O3/c1-23(2,3)28-16-10-12-27(22(30)31)21(29)18(16)19(26-15-7-5-4-6-8-15)20(28)14-9-11-25-17(24)13-14/h4-9,11,13,26H,10,12H2,1-3H3,(H,30,31). The highest BCUT2D eigenvalue weighted by molar-refractivity contribution is 9.10. The number of hydrogen-bond acceptors (Lipinski definition) is 4. The lowest BCUT2D eigenvalue weighted by molar-refractivity contribution is 0.0725. The fourth-order valence-corrected chi connectivity index (χ4v) is 4.44. The lowest BCUT2D eigenvalue weighted by Crippen LogP contribution is -2.42. The van der Waals surface area contributed by atoms with Crippen LogP contribution < -0.4 is 5.32 Å². The van der Waals surface area contributed by atoms with Gasteiger partial charge in [-0.2, -0.15) is 0 Å². The van der Waals surface area contributed by atoms with E-state index in [1.807, 2.05) is 42.5 Å². The summed E-state index contributed by atoms with van der Waals surface area (Å²) in [5.41, 5.74) is 3.99. The van der Waals surface area contributed by atoms with Gasteiger partial charge < -0.3 is 15.0 Å². The van der Waals surface area contributed by atoms with Gasteiger partial charge in [0.25, 0.3) is 5.91 Å². The van der Waals surface area contributed by atoms with Crippen molar-refractivity contribution in [1.82, 2.24) is 14.5 Å². The van der Waals surface area contributed by atoms with E-state index < -0.39 is 12.0 Å². The molecule has 1 aliphatic rings. The number of para-hydroxylation sites is 1. The molecule has 0 bridgehead atoms. The highest BCUT2D eigenvalue weighted by Gasteiger charge is 2.39. The zero-order valence-electron chi connectivity index (χ0n) is 17.5. The lowest BCUT2D eigenvalue weighted by Gasteiger charge is -2.30. The predicted octanol–water partition coefficient (Wildman–Crippen LogP) is 5.49. The number of carboxylic acid groups (broad SMARTS) is 1. The number of rotatable bonds is 3. The van der Waals surface area contributed by atoms with Crippen LogP contribution in [0.1, 0.15) is 36.8 Å². The first kappa shape index (κ1) is 21.1. The third-order valence-electron chi connectivity index (χ3n) is 5.24. The summed E-state index contributed by atoms with van der Waals surface area (Å²) in [5, 5.41) is 13.0. The Kier molecular flexibility index (Phi) is 5.35. The molecule has 8 heteroatoms. The molecule has 31 heavy (non-hydrogen) atoms. The SMILES string of the molecule is CC(C)(C)n1c2c(c(Nc3ccccc3)c1-c1ccnc(Br)c1)C(=O)N(C(=O)O)CC2. The summed E-state index contributed by atoms with van der Waals surface area (Å²) in [6, 6.07) is 13.3. The number of hydrogen-bond donors (Lipinski definition) is 2. The fraction of sp³-hybridized carbons (Fsp3) is 0.261. The Morgan fingerprint density at radius 3 is 2.52 bits per heavy atom. The first-order valence-electron chi connectivity index (χ1n) is 9.95. The first-order valence-corrected chi connectivity index (χ1v) is 10.7. The molecule has 160 valence electrons. The first-order chi connectivity index (χ1) is 14.7. The summed E-state index contributed by atoms with van der Waals surface area (Å²) in [5.74, 6) is -0.510. The Labute approximate surface area is 188 Å². The van der Waals surface area contributed by atoms with Crippen LogP contribution in [-0.2, 0) is 12.0 Å². The van der Waals surface area contributed by atoms with E-state index in [0.717, 1.165) is 27.5 Å². The molecule has 4 rings (SSSR count). The maximum Gasteiger partial charge on any atom is 0.414 e. The number of benzene rings is 1. The minimum Gasteiger partial charge on any atom is -0.465 e. The minimum absolute atomic E-state index is 0.130. The summed E-state index contributed by atoms with van der Waals surface area (Å²) >= 11 is 3.44. The van der Waals surface area contributed by atoms with Crippen molar-refractivity contribution in [3.8, 4) is 11.3 Å². The Balaban J connectivity index is 2.05. The van der Waals surface area contributed by atoms with Gasteiger partial charge in [-0.3, -0.25) is 4.79 Å². The fourth-order valence-electron chi connectivity index (χ4n) is 4.08. The van der Waals surface area contributed by atoms with Crippen LogP contribution in [0.15, 0.2) is 53.3 Å². The highest BCUT2D eigenvalue weighted by atomic mass is 79.9. The molecule has 7 nitrogen and oxygen atoms in total. The van der Waals surface area contributed by atoms with E-state index in [0.29, 0.717) is 22.3 Å². The number of carbonyl (C=O) groups is 2.